The molecule has 3 N–H and O–H groups in total. The number of amides is 2. The van der Waals surface area contributed by atoms with Crippen LogP contribution in [0.5, 0.6) is 0 Å². The second kappa shape index (κ2) is 11.8. The van der Waals surface area contributed by atoms with E-state index < -0.39 is 5.54 Å². The zero-order chi connectivity index (χ0) is 27.3. The number of pyridine rings is 1. The van der Waals surface area contributed by atoms with E-state index in [2.05, 4.69) is 5.32 Å². The summed E-state index contributed by atoms with van der Waals surface area (Å²) in [5, 5.41) is 3.07. The van der Waals surface area contributed by atoms with Gasteiger partial charge in [-0.25, -0.2) is 4.79 Å². The van der Waals surface area contributed by atoms with Crippen LogP contribution in [-0.2, 0) is 15.1 Å². The van der Waals surface area contributed by atoms with Gasteiger partial charge in [0.2, 0.25) is 5.91 Å². The van der Waals surface area contributed by atoms with Gasteiger partial charge in [0.05, 0.1) is 24.7 Å². The quantitative estimate of drug-likeness (QED) is 0.391. The Bertz CT molecular complexity index is 1240. The zero-order valence-electron chi connectivity index (χ0n) is 22.7. The predicted octanol–water partition coefficient (Wildman–Crippen LogP) is 6.20. The van der Waals surface area contributed by atoms with Crippen LogP contribution in [0, 0.1) is 5.92 Å². The number of ether oxygens (including phenoxy) is 1. The Hall–Kier alpha value is -3.71. The summed E-state index contributed by atoms with van der Waals surface area (Å²) < 4.78 is 4.83. The Morgan fingerprint density at radius 2 is 1.68 bits per heavy atom. The molecule has 1 aromatic heterocycles. The van der Waals surface area contributed by atoms with E-state index in [1.807, 2.05) is 74.5 Å². The highest BCUT2D eigenvalue weighted by Gasteiger charge is 2.28. The summed E-state index contributed by atoms with van der Waals surface area (Å²) in [5.74, 6) is 0.279. The molecule has 1 aliphatic rings. The van der Waals surface area contributed by atoms with E-state index in [1.54, 1.807) is 18.1 Å². The van der Waals surface area contributed by atoms with Gasteiger partial charge in [-0.05, 0) is 62.6 Å². The number of nitrogens with zero attached hydrogens (tertiary/aromatic N) is 2. The summed E-state index contributed by atoms with van der Waals surface area (Å²) in [6, 6.07) is 20.4. The number of hydrogen-bond donors (Lipinski definition) is 2. The number of anilines is 1. The summed E-state index contributed by atoms with van der Waals surface area (Å²) in [7, 11) is 3.18. The van der Waals surface area contributed by atoms with Gasteiger partial charge in [-0.3, -0.25) is 9.78 Å². The van der Waals surface area contributed by atoms with E-state index in [0.717, 1.165) is 53.6 Å². The minimum absolute atomic E-state index is 0.0159. The fraction of sp³-hybridized carbons (Fsp3) is 0.387. The van der Waals surface area contributed by atoms with E-state index in [1.165, 1.54) is 7.11 Å². The SMILES string of the molecule is COC(=O)N(C)[C@H]1CC[C@H](CC(=O)Nc2cnc(-c3ccc(C(C)(C)N)cc3)c(-c3ccccc3)c2)CC1. The Morgan fingerprint density at radius 1 is 1.03 bits per heavy atom. The molecule has 2 amide bonds. The molecule has 7 nitrogen and oxygen atoms in total. The first-order valence-corrected chi connectivity index (χ1v) is 13.2. The molecule has 2 aromatic carbocycles. The molecule has 38 heavy (non-hydrogen) atoms. The molecular formula is C31H38N4O3. The lowest BCUT2D eigenvalue weighted by Crippen LogP contribution is -2.39. The normalized spacial score (nSPS) is 17.5. The number of carbonyl (C=O) groups excluding carboxylic acids is 2. The third kappa shape index (κ3) is 6.58. The Balaban J connectivity index is 1.47. The average molecular weight is 515 g/mol. The number of nitrogens with two attached hydrogens (primary N) is 1. The maximum atomic E-state index is 12.9. The minimum atomic E-state index is -0.418. The van der Waals surface area contributed by atoms with Gasteiger partial charge in [0, 0.05) is 36.2 Å². The number of methoxy groups -OCH3 is 1. The first-order chi connectivity index (χ1) is 18.2. The van der Waals surface area contributed by atoms with Crippen molar-refractivity contribution >= 4 is 17.7 Å². The van der Waals surface area contributed by atoms with E-state index in [9.17, 15) is 9.59 Å². The van der Waals surface area contributed by atoms with Crippen LogP contribution in [0.25, 0.3) is 22.4 Å². The van der Waals surface area contributed by atoms with E-state index in [0.29, 0.717) is 18.0 Å². The molecule has 1 aliphatic carbocycles. The molecule has 1 fully saturated rings. The molecule has 4 rings (SSSR count). The van der Waals surface area contributed by atoms with Gasteiger partial charge in [0.25, 0.3) is 0 Å². The predicted molar refractivity (Wildman–Crippen MR) is 151 cm³/mol. The van der Waals surface area contributed by atoms with Crippen LogP contribution in [0.1, 0.15) is 51.5 Å². The molecule has 3 aromatic rings. The molecule has 0 bridgehead atoms. The number of rotatable bonds is 7. The Morgan fingerprint density at radius 3 is 2.29 bits per heavy atom. The lowest BCUT2D eigenvalue weighted by molar-refractivity contribution is -0.117. The molecule has 7 heteroatoms. The third-order valence-corrected chi connectivity index (χ3v) is 7.46. The van der Waals surface area contributed by atoms with Crippen LogP contribution in [0.3, 0.4) is 0 Å². The van der Waals surface area contributed by atoms with Gasteiger partial charge in [-0.2, -0.15) is 0 Å². The first-order valence-electron chi connectivity index (χ1n) is 13.2. The standard InChI is InChI=1S/C31H38N4O3/c1-31(2,32)24-14-12-23(13-15-24)29-27(22-8-6-5-7-9-22)19-25(20-33-29)34-28(36)18-21-10-16-26(17-11-21)35(3)30(37)38-4/h5-9,12-15,19-21,26H,10-11,16-18,32H2,1-4H3,(H,34,36)/t21-,26-. The highest BCUT2D eigenvalue weighted by Crippen LogP contribution is 2.34. The van der Waals surface area contributed by atoms with Crippen molar-refractivity contribution in [2.24, 2.45) is 11.7 Å². The second-order valence-electron chi connectivity index (χ2n) is 10.8. The molecule has 0 unspecified atom stereocenters. The van der Waals surface area contributed by atoms with Crippen molar-refractivity contribution in [1.29, 1.82) is 0 Å². The van der Waals surface area contributed by atoms with Gasteiger partial charge in [-0.1, -0.05) is 54.6 Å². The van der Waals surface area contributed by atoms with Gasteiger partial charge in [0.1, 0.15) is 0 Å². The monoisotopic (exact) mass is 514 g/mol. The van der Waals surface area contributed by atoms with Gasteiger partial charge < -0.3 is 20.7 Å². The highest BCUT2D eigenvalue weighted by atomic mass is 16.5. The van der Waals surface area contributed by atoms with Crippen molar-refractivity contribution in [3.8, 4) is 22.4 Å². The molecule has 1 heterocycles. The number of aromatic nitrogens is 1. The van der Waals surface area contributed by atoms with Crippen molar-refractivity contribution in [3.05, 3.63) is 72.4 Å². The van der Waals surface area contributed by atoms with E-state index in [4.69, 9.17) is 15.5 Å². The van der Waals surface area contributed by atoms with Crippen LogP contribution in [0.4, 0.5) is 10.5 Å². The zero-order valence-corrected chi connectivity index (χ0v) is 22.7. The summed E-state index contributed by atoms with van der Waals surface area (Å²) in [6.07, 6.45) is 5.42. The summed E-state index contributed by atoms with van der Waals surface area (Å²) in [5.41, 5.74) is 11.4. The lowest BCUT2D eigenvalue weighted by Gasteiger charge is -2.33. The van der Waals surface area contributed by atoms with E-state index >= 15 is 0 Å². The third-order valence-electron chi connectivity index (χ3n) is 7.46. The molecule has 0 aliphatic heterocycles. The second-order valence-corrected chi connectivity index (χ2v) is 10.8. The largest absolute Gasteiger partial charge is 0.453 e. The van der Waals surface area contributed by atoms with Gasteiger partial charge in [0.15, 0.2) is 0 Å². The number of carbonyl (C=O) groups is 2. The van der Waals surface area contributed by atoms with Crippen LogP contribution < -0.4 is 11.1 Å². The molecular weight excluding hydrogens is 476 g/mol. The summed E-state index contributed by atoms with van der Waals surface area (Å²) in [4.78, 5) is 31.2. The average Bonchev–Trinajstić information content (AvgIpc) is 2.92. The molecule has 0 radical (unpaired) electrons. The molecule has 0 spiro atoms. The lowest BCUT2D eigenvalue weighted by atomic mass is 9.83. The van der Waals surface area contributed by atoms with Crippen molar-refractivity contribution in [1.82, 2.24) is 9.88 Å². The van der Waals surface area contributed by atoms with Crippen molar-refractivity contribution in [2.75, 3.05) is 19.5 Å². The maximum absolute atomic E-state index is 12.9. The van der Waals surface area contributed by atoms with Crippen molar-refractivity contribution in [3.63, 3.8) is 0 Å². The molecule has 1 saturated carbocycles. The van der Waals surface area contributed by atoms with Gasteiger partial charge in [-0.15, -0.1) is 0 Å². The number of hydrogen-bond acceptors (Lipinski definition) is 5. The fourth-order valence-corrected chi connectivity index (χ4v) is 5.16. The summed E-state index contributed by atoms with van der Waals surface area (Å²) in [6.45, 7) is 3.97. The highest BCUT2D eigenvalue weighted by molar-refractivity contribution is 5.93. The van der Waals surface area contributed by atoms with Crippen molar-refractivity contribution < 1.29 is 14.3 Å². The molecule has 0 atom stereocenters. The fourth-order valence-electron chi connectivity index (χ4n) is 5.16. The minimum Gasteiger partial charge on any atom is -0.453 e. The Kier molecular flexibility index (Phi) is 8.47. The van der Waals surface area contributed by atoms with Crippen LogP contribution >= 0.6 is 0 Å². The van der Waals surface area contributed by atoms with E-state index in [-0.39, 0.29) is 18.0 Å². The maximum Gasteiger partial charge on any atom is 0.409 e. The Labute approximate surface area is 225 Å². The smallest absolute Gasteiger partial charge is 0.409 e. The van der Waals surface area contributed by atoms with Gasteiger partial charge >= 0.3 is 6.09 Å². The number of benzene rings is 2. The molecule has 200 valence electrons. The summed E-state index contributed by atoms with van der Waals surface area (Å²) >= 11 is 0. The van der Waals surface area contributed by atoms with Crippen LogP contribution in [0.15, 0.2) is 66.9 Å². The first kappa shape index (κ1) is 27.3. The van der Waals surface area contributed by atoms with Crippen LogP contribution in [0.2, 0.25) is 0 Å². The number of nitrogens with one attached hydrogen (secondary N) is 1. The molecule has 0 saturated heterocycles. The topological polar surface area (TPSA) is 97.5 Å². The van der Waals surface area contributed by atoms with Crippen molar-refractivity contribution in [2.45, 2.75) is 57.5 Å². The van der Waals surface area contributed by atoms with Crippen LogP contribution in [-0.4, -0.2) is 42.1 Å².